The van der Waals surface area contributed by atoms with Gasteiger partial charge in [-0.25, -0.2) is 4.68 Å². The van der Waals surface area contributed by atoms with E-state index in [1.807, 2.05) is 0 Å². The molecule has 1 aromatic carbocycles. The Kier molecular flexibility index (Phi) is 4.80. The Balaban J connectivity index is 1.70. The van der Waals surface area contributed by atoms with E-state index in [2.05, 4.69) is 10.4 Å². The normalized spacial score (nSPS) is 13.2. The molecule has 1 aliphatic heterocycles. The van der Waals surface area contributed by atoms with Crippen LogP contribution in [0.4, 0.5) is 5.69 Å². The summed E-state index contributed by atoms with van der Waals surface area (Å²) >= 11 is 1.78. The van der Waals surface area contributed by atoms with Crippen molar-refractivity contribution in [3.05, 3.63) is 57.5 Å². The van der Waals surface area contributed by atoms with Crippen LogP contribution in [0.25, 0.3) is 0 Å². The smallest absolute Gasteiger partial charge is 0.267 e. The molecule has 24 heavy (non-hydrogen) atoms. The summed E-state index contributed by atoms with van der Waals surface area (Å²) in [6.07, 6.45) is 0.814. The van der Waals surface area contributed by atoms with Gasteiger partial charge in [0.1, 0.15) is 6.54 Å². The zero-order valence-corrected chi connectivity index (χ0v) is 14.1. The first kappa shape index (κ1) is 16.4. The minimum Gasteiger partial charge on any atom is -0.324 e. The Morgan fingerprint density at radius 1 is 1.29 bits per heavy atom. The van der Waals surface area contributed by atoms with E-state index in [0.717, 1.165) is 29.2 Å². The topological polar surface area (TPSA) is 81.1 Å². The van der Waals surface area contributed by atoms with E-state index in [4.69, 9.17) is 0 Å². The van der Waals surface area contributed by atoms with Crippen molar-refractivity contribution in [3.63, 3.8) is 0 Å². The highest BCUT2D eigenvalue weighted by Gasteiger charge is 2.15. The van der Waals surface area contributed by atoms with E-state index in [1.165, 1.54) is 11.6 Å². The highest BCUT2D eigenvalue weighted by atomic mass is 32.2. The van der Waals surface area contributed by atoms with Crippen LogP contribution in [0, 0.1) is 0 Å². The molecule has 1 N–H and O–H groups in total. The van der Waals surface area contributed by atoms with Crippen LogP contribution in [0.3, 0.4) is 0 Å². The molecule has 1 aliphatic rings. The lowest BCUT2D eigenvalue weighted by molar-refractivity contribution is -0.117. The molecule has 124 valence electrons. The first-order valence-electron chi connectivity index (χ1n) is 7.61. The number of anilines is 1. The fourth-order valence-corrected chi connectivity index (χ4v) is 3.44. The molecule has 7 heteroatoms. The minimum atomic E-state index is -0.328. The number of ketones is 1. The Bertz CT molecular complexity index is 843. The lowest BCUT2D eigenvalue weighted by atomic mass is 10.1. The average molecular weight is 343 g/mol. The number of carbonyl (C=O) groups excluding carboxylic acids is 2. The van der Waals surface area contributed by atoms with Gasteiger partial charge in [-0.05, 0) is 42.5 Å². The van der Waals surface area contributed by atoms with Gasteiger partial charge in [0.15, 0.2) is 5.78 Å². The zero-order valence-electron chi connectivity index (χ0n) is 13.2. The van der Waals surface area contributed by atoms with Gasteiger partial charge in [-0.15, -0.1) is 0 Å². The van der Waals surface area contributed by atoms with Crippen molar-refractivity contribution in [2.75, 3.05) is 11.1 Å². The molecule has 0 bridgehead atoms. The Hall–Kier alpha value is -2.41. The number of Topliss-reactive ketones (excluding diaryl/α,β-unsaturated/α-hetero) is 1. The Morgan fingerprint density at radius 3 is 2.75 bits per heavy atom. The molecule has 1 aromatic heterocycles. The predicted molar refractivity (Wildman–Crippen MR) is 93.4 cm³/mol. The number of aryl methyl sites for hydroxylation is 1. The second-order valence-corrected chi connectivity index (χ2v) is 6.70. The van der Waals surface area contributed by atoms with Gasteiger partial charge in [-0.1, -0.05) is 0 Å². The monoisotopic (exact) mass is 343 g/mol. The summed E-state index contributed by atoms with van der Waals surface area (Å²) < 4.78 is 1.20. The maximum absolute atomic E-state index is 12.1. The molecule has 0 saturated carbocycles. The second kappa shape index (κ2) is 7.00. The molecule has 1 amide bonds. The van der Waals surface area contributed by atoms with Crippen molar-refractivity contribution in [2.45, 2.75) is 25.6 Å². The summed E-state index contributed by atoms with van der Waals surface area (Å²) in [4.78, 5) is 35.5. The van der Waals surface area contributed by atoms with Crippen LogP contribution in [0.15, 0.2) is 35.1 Å². The molecule has 0 fully saturated rings. The third-order valence-electron chi connectivity index (χ3n) is 3.77. The van der Waals surface area contributed by atoms with Crippen LogP contribution in [0.5, 0.6) is 0 Å². The number of thioether (sulfide) groups is 1. The number of rotatable bonds is 4. The van der Waals surface area contributed by atoms with E-state index >= 15 is 0 Å². The van der Waals surface area contributed by atoms with Crippen LogP contribution in [0.1, 0.15) is 28.5 Å². The van der Waals surface area contributed by atoms with Gasteiger partial charge < -0.3 is 5.32 Å². The third-order valence-corrected chi connectivity index (χ3v) is 4.78. The number of hydrogen-bond acceptors (Lipinski definition) is 5. The molecule has 0 saturated heterocycles. The molecule has 2 heterocycles. The zero-order chi connectivity index (χ0) is 17.1. The summed E-state index contributed by atoms with van der Waals surface area (Å²) in [5, 5.41) is 7.03. The van der Waals surface area contributed by atoms with E-state index in [0.29, 0.717) is 11.3 Å². The highest BCUT2D eigenvalue weighted by Crippen LogP contribution is 2.21. The van der Waals surface area contributed by atoms with Gasteiger partial charge in [0.2, 0.25) is 5.91 Å². The largest absolute Gasteiger partial charge is 0.324 e. The van der Waals surface area contributed by atoms with Gasteiger partial charge in [0.05, 0.1) is 5.69 Å². The molecule has 0 atom stereocenters. The summed E-state index contributed by atoms with van der Waals surface area (Å²) in [7, 11) is 0. The standard InChI is InChI=1S/C17H17N3O3S/c1-11(21)12-2-4-14(5-3-12)18-16(22)9-20-17(23)8-13-10-24-7-6-15(13)19-20/h2-5,8H,6-7,9-10H2,1H3,(H,18,22). The molecular formula is C17H17N3O3S. The maximum Gasteiger partial charge on any atom is 0.267 e. The van der Waals surface area contributed by atoms with E-state index in [9.17, 15) is 14.4 Å². The predicted octanol–water partition coefficient (Wildman–Crippen LogP) is 1.87. The lowest BCUT2D eigenvalue weighted by Crippen LogP contribution is -2.31. The number of nitrogens with one attached hydrogen (secondary N) is 1. The van der Waals surface area contributed by atoms with E-state index < -0.39 is 0 Å². The summed E-state index contributed by atoms with van der Waals surface area (Å²) in [5.74, 6) is 1.42. The van der Waals surface area contributed by atoms with Crippen molar-refractivity contribution < 1.29 is 9.59 Å². The van der Waals surface area contributed by atoms with Crippen LogP contribution in [-0.4, -0.2) is 27.2 Å². The van der Waals surface area contributed by atoms with Crippen LogP contribution in [0.2, 0.25) is 0 Å². The molecule has 0 aliphatic carbocycles. The first-order chi connectivity index (χ1) is 11.5. The van der Waals surface area contributed by atoms with Gasteiger partial charge in [-0.3, -0.25) is 14.4 Å². The third kappa shape index (κ3) is 3.73. The molecule has 0 unspecified atom stereocenters. The molecule has 0 radical (unpaired) electrons. The number of hydrogen-bond donors (Lipinski definition) is 1. The SMILES string of the molecule is CC(=O)c1ccc(NC(=O)Cn2nc3c(cc2=O)CSCC3)cc1. The van der Waals surface area contributed by atoms with Crippen molar-refractivity contribution in [1.29, 1.82) is 0 Å². The van der Waals surface area contributed by atoms with Gasteiger partial charge in [0, 0.05) is 29.5 Å². The quantitative estimate of drug-likeness (QED) is 0.857. The molecule has 2 aromatic rings. The van der Waals surface area contributed by atoms with Crippen molar-refractivity contribution in [1.82, 2.24) is 9.78 Å². The average Bonchev–Trinajstić information content (AvgIpc) is 2.56. The van der Waals surface area contributed by atoms with Crippen LogP contribution in [-0.2, 0) is 23.5 Å². The van der Waals surface area contributed by atoms with Crippen molar-refractivity contribution in [3.8, 4) is 0 Å². The number of nitrogens with zero attached hydrogens (tertiary/aromatic N) is 2. The number of carbonyl (C=O) groups is 2. The summed E-state index contributed by atoms with van der Waals surface area (Å²) in [6, 6.07) is 8.20. The van der Waals surface area contributed by atoms with Gasteiger partial charge in [0.25, 0.3) is 5.56 Å². The Morgan fingerprint density at radius 2 is 2.04 bits per heavy atom. The van der Waals surface area contributed by atoms with Crippen LogP contribution < -0.4 is 10.9 Å². The fourth-order valence-electron chi connectivity index (χ4n) is 2.49. The number of benzene rings is 1. The minimum absolute atomic E-state index is 0.0316. The van der Waals surface area contributed by atoms with Crippen molar-refractivity contribution in [2.24, 2.45) is 0 Å². The summed E-state index contributed by atoms with van der Waals surface area (Å²) in [5.41, 5.74) is 2.75. The van der Waals surface area contributed by atoms with Gasteiger partial charge >= 0.3 is 0 Å². The molecule has 3 rings (SSSR count). The van der Waals surface area contributed by atoms with E-state index in [-0.39, 0.29) is 23.8 Å². The first-order valence-corrected chi connectivity index (χ1v) is 8.77. The number of amides is 1. The van der Waals surface area contributed by atoms with Gasteiger partial charge in [-0.2, -0.15) is 16.9 Å². The molecule has 0 spiro atoms. The van der Waals surface area contributed by atoms with Crippen LogP contribution >= 0.6 is 11.8 Å². The number of fused-ring (bicyclic) bond motifs is 1. The number of aromatic nitrogens is 2. The summed E-state index contributed by atoms with van der Waals surface area (Å²) in [6.45, 7) is 1.36. The molecule has 6 nitrogen and oxygen atoms in total. The lowest BCUT2D eigenvalue weighted by Gasteiger charge is -2.15. The van der Waals surface area contributed by atoms with E-state index in [1.54, 1.807) is 42.1 Å². The Labute approximate surface area is 143 Å². The highest BCUT2D eigenvalue weighted by molar-refractivity contribution is 7.98. The maximum atomic E-state index is 12.1. The van der Waals surface area contributed by atoms with Crippen molar-refractivity contribution >= 4 is 29.1 Å². The second-order valence-electron chi connectivity index (χ2n) is 5.60. The fraction of sp³-hybridized carbons (Fsp3) is 0.294. The molecular weight excluding hydrogens is 326 g/mol.